The van der Waals surface area contributed by atoms with E-state index < -0.39 is 17.8 Å². The van der Waals surface area contributed by atoms with Crippen LogP contribution in [0.3, 0.4) is 0 Å². The predicted octanol–water partition coefficient (Wildman–Crippen LogP) is 3.78. The summed E-state index contributed by atoms with van der Waals surface area (Å²) in [5.41, 5.74) is -0.00327. The van der Waals surface area contributed by atoms with Crippen LogP contribution in [0.5, 0.6) is 0 Å². The van der Waals surface area contributed by atoms with E-state index >= 15 is 0 Å². The summed E-state index contributed by atoms with van der Waals surface area (Å²) < 4.78 is 37.5. The van der Waals surface area contributed by atoms with Gasteiger partial charge in [-0.1, -0.05) is 28.9 Å². The molecule has 1 N–H and O–H groups in total. The fourth-order valence-electron chi connectivity index (χ4n) is 1.29. The largest absolute Gasteiger partial charge is 0.416 e. The fraction of sp³-hybridized carbons (Fsp3) is 0.455. The van der Waals surface area contributed by atoms with Gasteiger partial charge in [-0.05, 0) is 30.5 Å². The molecule has 90 valence electrons. The van der Waals surface area contributed by atoms with E-state index in [-0.39, 0.29) is 0 Å². The second-order valence-corrected chi connectivity index (χ2v) is 4.42. The average Bonchev–Trinajstić information content (AvgIpc) is 2.19. The highest BCUT2D eigenvalue weighted by Gasteiger charge is 2.30. The maximum Gasteiger partial charge on any atom is 0.416 e. The van der Waals surface area contributed by atoms with Gasteiger partial charge in [0.1, 0.15) is 0 Å². The van der Waals surface area contributed by atoms with E-state index in [0.717, 1.165) is 12.1 Å². The fourth-order valence-corrected chi connectivity index (χ4v) is 1.83. The molecular weight excluding hydrogens is 285 g/mol. The lowest BCUT2D eigenvalue weighted by Crippen LogP contribution is -2.10. The summed E-state index contributed by atoms with van der Waals surface area (Å²) in [4.78, 5) is 0. The van der Waals surface area contributed by atoms with Crippen molar-refractivity contribution >= 4 is 15.9 Å². The van der Waals surface area contributed by atoms with Crippen molar-refractivity contribution in [1.29, 1.82) is 0 Å². The standard InChI is InChI=1S/C11H12BrF3O/c1-2-9(16)5-7-3-4-8(6-10(7)12)11(13,14)15/h3-4,6,9,16H,2,5H2,1H3. The molecule has 1 atom stereocenters. The van der Waals surface area contributed by atoms with E-state index in [0.29, 0.717) is 22.9 Å². The molecule has 0 heterocycles. The highest BCUT2D eigenvalue weighted by Crippen LogP contribution is 2.32. The van der Waals surface area contributed by atoms with Gasteiger partial charge in [0.25, 0.3) is 0 Å². The Hall–Kier alpha value is -0.550. The normalized spacial score (nSPS) is 13.9. The maximum absolute atomic E-state index is 12.4. The van der Waals surface area contributed by atoms with E-state index in [2.05, 4.69) is 15.9 Å². The van der Waals surface area contributed by atoms with Crippen molar-refractivity contribution in [3.63, 3.8) is 0 Å². The first kappa shape index (κ1) is 13.5. The van der Waals surface area contributed by atoms with Crippen LogP contribution < -0.4 is 0 Å². The van der Waals surface area contributed by atoms with Crippen LogP contribution >= 0.6 is 15.9 Å². The smallest absolute Gasteiger partial charge is 0.393 e. The van der Waals surface area contributed by atoms with Crippen molar-refractivity contribution < 1.29 is 18.3 Å². The molecule has 5 heteroatoms. The molecular formula is C11H12BrF3O. The Bertz CT molecular complexity index is 363. The summed E-state index contributed by atoms with van der Waals surface area (Å²) >= 11 is 3.09. The molecule has 16 heavy (non-hydrogen) atoms. The van der Waals surface area contributed by atoms with Gasteiger partial charge in [-0.2, -0.15) is 13.2 Å². The number of rotatable bonds is 3. The first-order chi connectivity index (χ1) is 7.34. The summed E-state index contributed by atoms with van der Waals surface area (Å²) in [5, 5.41) is 9.42. The highest BCUT2D eigenvalue weighted by molar-refractivity contribution is 9.10. The number of halogens is 4. The summed E-state index contributed by atoms with van der Waals surface area (Å²) in [6.07, 6.45) is -3.92. The first-order valence-electron chi connectivity index (χ1n) is 4.88. The molecule has 0 aliphatic rings. The highest BCUT2D eigenvalue weighted by atomic mass is 79.9. The third-order valence-electron chi connectivity index (χ3n) is 2.31. The van der Waals surface area contributed by atoms with Gasteiger partial charge in [-0.25, -0.2) is 0 Å². The zero-order chi connectivity index (χ0) is 12.3. The van der Waals surface area contributed by atoms with Gasteiger partial charge in [-0.15, -0.1) is 0 Å². The Balaban J connectivity index is 2.92. The minimum Gasteiger partial charge on any atom is -0.393 e. The van der Waals surface area contributed by atoms with Gasteiger partial charge < -0.3 is 5.11 Å². The summed E-state index contributed by atoms with van der Waals surface area (Å²) in [7, 11) is 0. The van der Waals surface area contributed by atoms with E-state index in [1.807, 2.05) is 6.92 Å². The van der Waals surface area contributed by atoms with Crippen molar-refractivity contribution in [1.82, 2.24) is 0 Å². The van der Waals surface area contributed by atoms with Crippen molar-refractivity contribution in [3.8, 4) is 0 Å². The van der Waals surface area contributed by atoms with Gasteiger partial charge in [0.05, 0.1) is 11.7 Å². The number of hydrogen-bond donors (Lipinski definition) is 1. The quantitative estimate of drug-likeness (QED) is 0.900. The SMILES string of the molecule is CCC(O)Cc1ccc(C(F)(F)F)cc1Br. The minimum atomic E-state index is -4.33. The van der Waals surface area contributed by atoms with Crippen LogP contribution in [-0.2, 0) is 12.6 Å². The van der Waals surface area contributed by atoms with Crippen LogP contribution in [0.25, 0.3) is 0 Å². The molecule has 1 unspecified atom stereocenters. The molecule has 0 saturated carbocycles. The molecule has 1 rings (SSSR count). The Labute approximate surface area is 100 Å². The lowest BCUT2D eigenvalue weighted by Gasteiger charge is -2.12. The third-order valence-corrected chi connectivity index (χ3v) is 3.05. The van der Waals surface area contributed by atoms with Gasteiger partial charge in [0.15, 0.2) is 0 Å². The predicted molar refractivity (Wildman–Crippen MR) is 59.1 cm³/mol. The van der Waals surface area contributed by atoms with Crippen LogP contribution in [0.4, 0.5) is 13.2 Å². The van der Waals surface area contributed by atoms with Crippen LogP contribution in [0.2, 0.25) is 0 Å². The molecule has 0 radical (unpaired) electrons. The molecule has 1 aromatic carbocycles. The molecule has 0 aliphatic carbocycles. The van der Waals surface area contributed by atoms with Gasteiger partial charge in [0.2, 0.25) is 0 Å². The number of hydrogen-bond acceptors (Lipinski definition) is 1. The van der Waals surface area contributed by atoms with E-state index in [1.54, 1.807) is 0 Å². The molecule has 0 bridgehead atoms. The second kappa shape index (κ2) is 5.19. The second-order valence-electron chi connectivity index (χ2n) is 3.57. The van der Waals surface area contributed by atoms with E-state index in [4.69, 9.17) is 0 Å². The number of alkyl halides is 3. The Morgan fingerprint density at radius 2 is 2.00 bits per heavy atom. The summed E-state index contributed by atoms with van der Waals surface area (Å²) in [6.45, 7) is 1.82. The molecule has 0 amide bonds. The molecule has 1 aromatic rings. The van der Waals surface area contributed by atoms with Gasteiger partial charge in [0, 0.05) is 4.47 Å². The molecule has 0 spiro atoms. The van der Waals surface area contributed by atoms with E-state index in [1.165, 1.54) is 6.07 Å². The zero-order valence-corrected chi connectivity index (χ0v) is 10.3. The lowest BCUT2D eigenvalue weighted by atomic mass is 10.0. The molecule has 0 aliphatic heterocycles. The number of aliphatic hydroxyl groups is 1. The molecule has 0 fully saturated rings. The zero-order valence-electron chi connectivity index (χ0n) is 8.68. The van der Waals surface area contributed by atoms with Crippen LogP contribution in [-0.4, -0.2) is 11.2 Å². The van der Waals surface area contributed by atoms with Crippen molar-refractivity contribution in [3.05, 3.63) is 33.8 Å². The monoisotopic (exact) mass is 296 g/mol. The third kappa shape index (κ3) is 3.49. The Kier molecular flexibility index (Phi) is 4.38. The minimum absolute atomic E-state index is 0.356. The molecule has 1 nitrogen and oxygen atoms in total. The maximum atomic E-state index is 12.4. The number of benzene rings is 1. The topological polar surface area (TPSA) is 20.2 Å². The van der Waals surface area contributed by atoms with Gasteiger partial charge >= 0.3 is 6.18 Å². The number of aliphatic hydroxyl groups excluding tert-OH is 1. The Morgan fingerprint density at radius 1 is 1.38 bits per heavy atom. The van der Waals surface area contributed by atoms with Crippen LogP contribution in [0, 0.1) is 0 Å². The van der Waals surface area contributed by atoms with Crippen LogP contribution in [0.15, 0.2) is 22.7 Å². The van der Waals surface area contributed by atoms with Crippen LogP contribution in [0.1, 0.15) is 24.5 Å². The molecule has 0 saturated heterocycles. The Morgan fingerprint density at radius 3 is 2.44 bits per heavy atom. The summed E-state index contributed by atoms with van der Waals surface area (Å²) in [5.74, 6) is 0. The van der Waals surface area contributed by atoms with Gasteiger partial charge in [-0.3, -0.25) is 0 Å². The molecule has 0 aromatic heterocycles. The average molecular weight is 297 g/mol. The van der Waals surface area contributed by atoms with Crippen molar-refractivity contribution in [2.24, 2.45) is 0 Å². The van der Waals surface area contributed by atoms with Crippen molar-refractivity contribution in [2.45, 2.75) is 32.0 Å². The lowest BCUT2D eigenvalue weighted by molar-refractivity contribution is -0.137. The van der Waals surface area contributed by atoms with Crippen molar-refractivity contribution in [2.75, 3.05) is 0 Å². The first-order valence-corrected chi connectivity index (χ1v) is 5.67. The van der Waals surface area contributed by atoms with E-state index in [9.17, 15) is 18.3 Å². The summed E-state index contributed by atoms with van der Waals surface area (Å²) in [6, 6.07) is 3.46.